The monoisotopic (exact) mass is 526 g/mol. The van der Waals surface area contributed by atoms with Gasteiger partial charge in [0.05, 0.1) is 11.7 Å². The Balaban J connectivity index is 2.21. The average Bonchev–Trinajstić information content (AvgIpc) is 2.77. The van der Waals surface area contributed by atoms with E-state index in [1.807, 2.05) is 0 Å². The summed E-state index contributed by atoms with van der Waals surface area (Å²) < 4.78 is 94.0. The lowest BCUT2D eigenvalue weighted by molar-refractivity contribution is -0.143. The highest BCUT2D eigenvalue weighted by Crippen LogP contribution is 2.39. The van der Waals surface area contributed by atoms with Crippen LogP contribution < -0.4 is 10.6 Å². The largest absolute Gasteiger partial charge is 0.481 e. The van der Waals surface area contributed by atoms with Gasteiger partial charge < -0.3 is 15.7 Å². The summed E-state index contributed by atoms with van der Waals surface area (Å²) in [6.45, 7) is 1.50. The van der Waals surface area contributed by atoms with Gasteiger partial charge in [-0.05, 0) is 24.6 Å². The van der Waals surface area contributed by atoms with Gasteiger partial charge in [-0.25, -0.2) is 17.6 Å². The lowest BCUT2D eigenvalue weighted by atomic mass is 10.1. The number of carbonyl (C=O) groups is 3. The smallest absolute Gasteiger partial charge is 0.422 e. The maximum atomic E-state index is 14.1. The molecular formula is C21H17F7N2O4S. The Kier molecular flexibility index (Phi) is 9.12. The average molecular weight is 526 g/mol. The summed E-state index contributed by atoms with van der Waals surface area (Å²) in [5.41, 5.74) is -4.20. The van der Waals surface area contributed by atoms with Gasteiger partial charge in [0.1, 0.15) is 11.3 Å². The molecule has 3 N–H and O–H groups in total. The molecule has 0 aliphatic heterocycles. The summed E-state index contributed by atoms with van der Waals surface area (Å²) in [5, 5.41) is 11.6. The molecule has 0 saturated heterocycles. The Morgan fingerprint density at radius 2 is 1.57 bits per heavy atom. The summed E-state index contributed by atoms with van der Waals surface area (Å²) in [4.78, 5) is 35.2. The Bertz CT molecular complexity index is 1110. The minimum atomic E-state index is -5.71. The van der Waals surface area contributed by atoms with Crippen LogP contribution in [-0.2, 0) is 20.6 Å². The molecule has 1 unspecified atom stereocenters. The molecule has 0 spiro atoms. The van der Waals surface area contributed by atoms with E-state index in [0.29, 0.717) is 4.90 Å². The van der Waals surface area contributed by atoms with Gasteiger partial charge in [-0.3, -0.25) is 14.4 Å². The number of carboxylic acids is 1. The van der Waals surface area contributed by atoms with Crippen LogP contribution in [-0.4, -0.2) is 28.1 Å². The second-order valence-electron chi connectivity index (χ2n) is 6.98. The maximum Gasteiger partial charge on any atom is 0.422 e. The zero-order valence-corrected chi connectivity index (χ0v) is 18.6. The number of thioether (sulfide) groups is 1. The Hall–Kier alpha value is -3.29. The van der Waals surface area contributed by atoms with Crippen molar-refractivity contribution < 1.29 is 50.2 Å². The van der Waals surface area contributed by atoms with Gasteiger partial charge in [0.2, 0.25) is 11.8 Å². The molecule has 0 fully saturated rings. The van der Waals surface area contributed by atoms with E-state index in [2.05, 4.69) is 5.32 Å². The number of carboxylic acid groups (broad SMARTS) is 1. The zero-order chi connectivity index (χ0) is 26.5. The number of rotatable bonds is 9. The summed E-state index contributed by atoms with van der Waals surface area (Å²) >= 11 is 0.833. The van der Waals surface area contributed by atoms with E-state index in [-0.39, 0.29) is 18.5 Å². The van der Waals surface area contributed by atoms with Crippen molar-refractivity contribution >= 4 is 40.9 Å². The molecule has 0 heterocycles. The first-order chi connectivity index (χ1) is 16.3. The minimum absolute atomic E-state index is 0.0283. The normalized spacial score (nSPS) is 12.2. The second-order valence-corrected chi connectivity index (χ2v) is 8.25. The minimum Gasteiger partial charge on any atom is -0.481 e. The van der Waals surface area contributed by atoms with E-state index in [1.165, 1.54) is 31.2 Å². The van der Waals surface area contributed by atoms with Crippen molar-refractivity contribution in [2.45, 2.75) is 42.5 Å². The molecule has 35 heavy (non-hydrogen) atoms. The Labute approximate surface area is 197 Å². The van der Waals surface area contributed by atoms with Gasteiger partial charge >= 0.3 is 12.1 Å². The van der Waals surface area contributed by atoms with Crippen LogP contribution in [0.5, 0.6) is 0 Å². The summed E-state index contributed by atoms with van der Waals surface area (Å²) in [6, 6.07) is 5.88. The van der Waals surface area contributed by atoms with Crippen LogP contribution in [0.4, 0.5) is 42.1 Å². The molecule has 190 valence electrons. The van der Waals surface area contributed by atoms with Crippen LogP contribution in [0, 0.1) is 23.3 Å². The molecule has 0 bridgehead atoms. The van der Waals surface area contributed by atoms with E-state index in [9.17, 15) is 45.1 Å². The van der Waals surface area contributed by atoms with Crippen molar-refractivity contribution in [2.75, 3.05) is 10.6 Å². The third-order valence-electron chi connectivity index (χ3n) is 4.42. The molecule has 2 aromatic rings. The lowest BCUT2D eigenvalue weighted by Crippen LogP contribution is -2.27. The molecular weight excluding hydrogens is 509 g/mol. The molecule has 2 amide bonds. The molecule has 2 aromatic carbocycles. The van der Waals surface area contributed by atoms with E-state index >= 15 is 0 Å². The van der Waals surface area contributed by atoms with Gasteiger partial charge in [0, 0.05) is 17.0 Å². The molecule has 14 heteroatoms. The zero-order valence-electron chi connectivity index (χ0n) is 17.7. The second kappa shape index (κ2) is 11.4. The number of benzene rings is 2. The number of amides is 2. The van der Waals surface area contributed by atoms with Crippen molar-refractivity contribution in [3.63, 3.8) is 0 Å². The quantitative estimate of drug-likeness (QED) is 0.226. The number of carbonyl (C=O) groups excluding carboxylic acids is 2. The number of hydrogen-bond donors (Lipinski definition) is 3. The first-order valence-corrected chi connectivity index (χ1v) is 10.7. The van der Waals surface area contributed by atoms with E-state index < -0.39 is 70.2 Å². The first kappa shape index (κ1) is 28.0. The van der Waals surface area contributed by atoms with Gasteiger partial charge in [-0.15, -0.1) is 11.8 Å². The number of halogens is 7. The van der Waals surface area contributed by atoms with Crippen LogP contribution >= 0.6 is 11.8 Å². The standard InChI is InChI=1S/C21H17F7N2O4S/c1-2-11(35-10-5-3-4-9(8-10)29-12(31)6-7-13(32)33)20(34)30-19-17(24)15(22)14(21(26,27)28)16(23)18(19)25/h3-5,8,11H,2,6-7H2,1H3,(H,29,31)(H,30,34)(H,32,33). The van der Waals surface area contributed by atoms with Crippen LogP contribution in [0.25, 0.3) is 0 Å². The highest BCUT2D eigenvalue weighted by Gasteiger charge is 2.42. The molecule has 1 atom stereocenters. The van der Waals surface area contributed by atoms with Crippen LogP contribution in [0.1, 0.15) is 31.7 Å². The van der Waals surface area contributed by atoms with Crippen molar-refractivity contribution in [3.8, 4) is 0 Å². The number of anilines is 2. The van der Waals surface area contributed by atoms with Gasteiger partial charge in [0.15, 0.2) is 23.3 Å². The highest BCUT2D eigenvalue weighted by molar-refractivity contribution is 8.00. The third-order valence-corrected chi connectivity index (χ3v) is 5.78. The molecule has 6 nitrogen and oxygen atoms in total. The Morgan fingerprint density at radius 1 is 0.971 bits per heavy atom. The molecule has 2 rings (SSSR count). The summed E-state index contributed by atoms with van der Waals surface area (Å²) in [6.07, 6.45) is -6.37. The predicted molar refractivity (Wildman–Crippen MR) is 112 cm³/mol. The SMILES string of the molecule is CCC(Sc1cccc(NC(=O)CCC(=O)O)c1)C(=O)Nc1c(F)c(F)c(C(F)(F)F)c(F)c1F. The number of nitrogens with one attached hydrogen (secondary N) is 2. The van der Waals surface area contributed by atoms with Crippen LogP contribution in [0.15, 0.2) is 29.2 Å². The predicted octanol–water partition coefficient (Wildman–Crippen LogP) is 5.57. The molecule has 0 radical (unpaired) electrons. The molecule has 0 saturated carbocycles. The van der Waals surface area contributed by atoms with Gasteiger partial charge in [-0.1, -0.05) is 13.0 Å². The van der Waals surface area contributed by atoms with Crippen molar-refractivity contribution in [2.24, 2.45) is 0 Å². The highest BCUT2D eigenvalue weighted by atomic mass is 32.2. The third kappa shape index (κ3) is 7.10. The Morgan fingerprint density at radius 3 is 2.09 bits per heavy atom. The van der Waals surface area contributed by atoms with Crippen LogP contribution in [0.3, 0.4) is 0 Å². The van der Waals surface area contributed by atoms with Crippen molar-refractivity contribution in [1.29, 1.82) is 0 Å². The molecule has 0 aromatic heterocycles. The van der Waals surface area contributed by atoms with Gasteiger partial charge in [0.25, 0.3) is 0 Å². The van der Waals surface area contributed by atoms with Crippen LogP contribution in [0.2, 0.25) is 0 Å². The number of alkyl halides is 3. The fourth-order valence-corrected chi connectivity index (χ4v) is 3.78. The van der Waals surface area contributed by atoms with E-state index in [4.69, 9.17) is 5.11 Å². The van der Waals surface area contributed by atoms with Crippen molar-refractivity contribution in [1.82, 2.24) is 0 Å². The fraction of sp³-hybridized carbons (Fsp3) is 0.286. The summed E-state index contributed by atoms with van der Waals surface area (Å²) in [7, 11) is 0. The summed E-state index contributed by atoms with van der Waals surface area (Å²) in [5.74, 6) is -13.1. The molecule has 0 aliphatic rings. The first-order valence-electron chi connectivity index (χ1n) is 9.78. The topological polar surface area (TPSA) is 95.5 Å². The van der Waals surface area contributed by atoms with E-state index in [1.54, 1.807) is 5.32 Å². The fourth-order valence-electron chi connectivity index (χ4n) is 2.77. The number of aliphatic carboxylic acids is 1. The van der Waals surface area contributed by atoms with Gasteiger partial charge in [-0.2, -0.15) is 13.2 Å². The number of hydrogen-bond acceptors (Lipinski definition) is 4. The van der Waals surface area contributed by atoms with Crippen molar-refractivity contribution in [3.05, 3.63) is 53.1 Å². The molecule has 0 aliphatic carbocycles. The maximum absolute atomic E-state index is 14.1. The lowest BCUT2D eigenvalue weighted by Gasteiger charge is -2.18. The van der Waals surface area contributed by atoms with E-state index in [0.717, 1.165) is 11.8 Å².